The largest absolute Gasteiger partial charge is 0.504 e. The van der Waals surface area contributed by atoms with Crippen molar-refractivity contribution < 1.29 is 14.6 Å². The molecule has 1 aromatic carbocycles. The van der Waals surface area contributed by atoms with E-state index in [9.17, 15) is 5.11 Å². The number of nitrogens with one attached hydrogen (secondary N) is 2. The Morgan fingerprint density at radius 3 is 2.68 bits per heavy atom. The summed E-state index contributed by atoms with van der Waals surface area (Å²) in [5.41, 5.74) is 1.10. The molecule has 0 aliphatic carbocycles. The molecule has 7 heteroatoms. The van der Waals surface area contributed by atoms with Crippen molar-refractivity contribution in [1.29, 1.82) is 0 Å². The van der Waals surface area contributed by atoms with E-state index in [1.807, 2.05) is 12.1 Å². The van der Waals surface area contributed by atoms with E-state index in [1.165, 1.54) is 0 Å². The summed E-state index contributed by atoms with van der Waals surface area (Å²) in [6.07, 6.45) is 0.818. The molecule has 1 aliphatic heterocycles. The Bertz CT molecular complexity index is 616. The molecule has 28 heavy (non-hydrogen) atoms. The molecule has 1 saturated heterocycles. The highest BCUT2D eigenvalue weighted by molar-refractivity contribution is 5.79. The molecule has 0 spiro atoms. The van der Waals surface area contributed by atoms with Gasteiger partial charge in [-0.25, -0.2) is 0 Å². The number of methoxy groups -OCH3 is 1. The number of hydrogen-bond acceptors (Lipinski definition) is 5. The molecule has 1 fully saturated rings. The average Bonchev–Trinajstić information content (AvgIpc) is 2.70. The van der Waals surface area contributed by atoms with Gasteiger partial charge in [0.25, 0.3) is 0 Å². The molecule has 1 atom stereocenters. The van der Waals surface area contributed by atoms with Gasteiger partial charge in [-0.3, -0.25) is 9.89 Å². The quantitative estimate of drug-likeness (QED) is 0.440. The van der Waals surface area contributed by atoms with Gasteiger partial charge in [0, 0.05) is 32.2 Å². The van der Waals surface area contributed by atoms with Crippen molar-refractivity contribution in [3.8, 4) is 11.5 Å². The van der Waals surface area contributed by atoms with Gasteiger partial charge < -0.3 is 25.2 Å². The maximum atomic E-state index is 9.71. The van der Waals surface area contributed by atoms with Crippen molar-refractivity contribution in [2.45, 2.75) is 33.2 Å². The van der Waals surface area contributed by atoms with Crippen LogP contribution in [0.2, 0.25) is 0 Å². The van der Waals surface area contributed by atoms with E-state index in [1.54, 1.807) is 13.2 Å². The van der Waals surface area contributed by atoms with Crippen molar-refractivity contribution in [2.75, 3.05) is 53.0 Å². The lowest BCUT2D eigenvalue weighted by atomic mass is 10.0. The molecule has 0 amide bonds. The number of nitrogens with zero attached hydrogens (tertiary/aromatic N) is 2. The first kappa shape index (κ1) is 22.3. The molecule has 1 unspecified atom stereocenters. The Balaban J connectivity index is 1.91. The zero-order chi connectivity index (χ0) is 20.4. The lowest BCUT2D eigenvalue weighted by Crippen LogP contribution is -2.48. The van der Waals surface area contributed by atoms with Crippen molar-refractivity contribution in [1.82, 2.24) is 15.5 Å². The van der Waals surface area contributed by atoms with Crippen molar-refractivity contribution in [2.24, 2.45) is 10.9 Å². The smallest absolute Gasteiger partial charge is 0.191 e. The molecule has 1 aliphatic rings. The predicted molar refractivity (Wildman–Crippen MR) is 113 cm³/mol. The summed E-state index contributed by atoms with van der Waals surface area (Å²) in [5.74, 6) is 2.04. The molecule has 0 radical (unpaired) electrons. The number of aliphatic imine (C=N–C) groups is 1. The van der Waals surface area contributed by atoms with Gasteiger partial charge in [0.2, 0.25) is 0 Å². The van der Waals surface area contributed by atoms with Crippen LogP contribution in [0.3, 0.4) is 0 Å². The maximum absolute atomic E-state index is 9.71. The van der Waals surface area contributed by atoms with Gasteiger partial charge in [-0.1, -0.05) is 19.9 Å². The lowest BCUT2D eigenvalue weighted by molar-refractivity contribution is 0.00867. The van der Waals surface area contributed by atoms with E-state index in [4.69, 9.17) is 14.5 Å². The van der Waals surface area contributed by atoms with Crippen LogP contribution in [0.5, 0.6) is 11.5 Å². The second-order valence-corrected chi connectivity index (χ2v) is 7.36. The average molecular weight is 393 g/mol. The van der Waals surface area contributed by atoms with E-state index in [0.717, 1.165) is 63.9 Å². The molecule has 0 aromatic heterocycles. The third-order valence-corrected chi connectivity index (χ3v) is 5.02. The molecule has 0 saturated carbocycles. The molecule has 0 bridgehead atoms. The predicted octanol–water partition coefficient (Wildman–Crippen LogP) is 1.86. The Morgan fingerprint density at radius 2 is 2.04 bits per heavy atom. The number of morpholine rings is 1. The maximum Gasteiger partial charge on any atom is 0.191 e. The Morgan fingerprint density at radius 1 is 1.29 bits per heavy atom. The summed E-state index contributed by atoms with van der Waals surface area (Å²) in [6.45, 7) is 12.5. The first-order valence-corrected chi connectivity index (χ1v) is 10.2. The summed E-state index contributed by atoms with van der Waals surface area (Å²) in [6, 6.07) is 5.87. The fraction of sp³-hybridized carbons (Fsp3) is 0.667. The van der Waals surface area contributed by atoms with Crippen molar-refractivity contribution in [3.63, 3.8) is 0 Å². The standard InChI is InChI=1S/C21H36N4O3/c1-5-22-21(23-9-8-17-6-7-19(26)20(14-17)27-4)24-15-18(16(2)3)25-10-12-28-13-11-25/h6-7,14,16,18,26H,5,8-13,15H2,1-4H3,(H2,22,23,24). The summed E-state index contributed by atoms with van der Waals surface area (Å²) in [4.78, 5) is 7.33. The van der Waals surface area contributed by atoms with Crippen LogP contribution in [0.25, 0.3) is 0 Å². The Labute approximate surface area is 169 Å². The highest BCUT2D eigenvalue weighted by Gasteiger charge is 2.23. The van der Waals surface area contributed by atoms with Gasteiger partial charge in [-0.15, -0.1) is 0 Å². The molecular weight excluding hydrogens is 356 g/mol. The van der Waals surface area contributed by atoms with Crippen LogP contribution in [0.15, 0.2) is 23.2 Å². The number of rotatable bonds is 9. The van der Waals surface area contributed by atoms with Crippen molar-refractivity contribution in [3.05, 3.63) is 23.8 Å². The minimum atomic E-state index is 0.164. The number of guanidine groups is 1. The number of phenolic OH excluding ortho intramolecular Hbond substituents is 1. The van der Waals surface area contributed by atoms with Crippen LogP contribution < -0.4 is 15.4 Å². The fourth-order valence-electron chi connectivity index (χ4n) is 3.39. The van der Waals surface area contributed by atoms with E-state index >= 15 is 0 Å². The summed E-state index contributed by atoms with van der Waals surface area (Å²) in [5, 5.41) is 16.5. The topological polar surface area (TPSA) is 78.4 Å². The minimum Gasteiger partial charge on any atom is -0.504 e. The first-order chi connectivity index (χ1) is 13.5. The highest BCUT2D eigenvalue weighted by atomic mass is 16.5. The Hall–Kier alpha value is -1.99. The van der Waals surface area contributed by atoms with Gasteiger partial charge in [-0.05, 0) is 37.0 Å². The zero-order valence-electron chi connectivity index (χ0n) is 17.7. The van der Waals surface area contributed by atoms with Gasteiger partial charge in [0.05, 0.1) is 26.9 Å². The van der Waals surface area contributed by atoms with Crippen LogP contribution in [0.1, 0.15) is 26.3 Å². The number of aromatic hydroxyl groups is 1. The van der Waals surface area contributed by atoms with Gasteiger partial charge in [-0.2, -0.15) is 0 Å². The highest BCUT2D eigenvalue weighted by Crippen LogP contribution is 2.26. The molecule has 2 rings (SSSR count). The zero-order valence-corrected chi connectivity index (χ0v) is 17.7. The van der Waals surface area contributed by atoms with Crippen LogP contribution in [0, 0.1) is 5.92 Å². The first-order valence-electron chi connectivity index (χ1n) is 10.2. The van der Waals surface area contributed by atoms with Crippen LogP contribution in [-0.4, -0.2) is 75.1 Å². The molecule has 1 aromatic rings. The molecular formula is C21H36N4O3. The molecule has 158 valence electrons. The molecule has 1 heterocycles. The monoisotopic (exact) mass is 392 g/mol. The number of phenols is 1. The van der Waals surface area contributed by atoms with Crippen LogP contribution >= 0.6 is 0 Å². The van der Waals surface area contributed by atoms with Crippen molar-refractivity contribution >= 4 is 5.96 Å². The van der Waals surface area contributed by atoms with Crippen LogP contribution in [-0.2, 0) is 11.2 Å². The Kier molecular flexibility index (Phi) is 9.37. The second-order valence-electron chi connectivity index (χ2n) is 7.36. The normalized spacial score (nSPS) is 16.8. The van der Waals surface area contributed by atoms with E-state index < -0.39 is 0 Å². The van der Waals surface area contributed by atoms with E-state index in [2.05, 4.69) is 36.3 Å². The van der Waals surface area contributed by atoms with Gasteiger partial charge in [0.1, 0.15) is 0 Å². The number of ether oxygens (including phenoxy) is 2. The number of benzene rings is 1. The second kappa shape index (κ2) is 11.8. The lowest BCUT2D eigenvalue weighted by Gasteiger charge is -2.36. The summed E-state index contributed by atoms with van der Waals surface area (Å²) < 4.78 is 10.7. The van der Waals surface area contributed by atoms with E-state index in [0.29, 0.717) is 17.7 Å². The minimum absolute atomic E-state index is 0.164. The summed E-state index contributed by atoms with van der Waals surface area (Å²) >= 11 is 0. The molecule has 3 N–H and O–H groups in total. The summed E-state index contributed by atoms with van der Waals surface area (Å²) in [7, 11) is 1.56. The van der Waals surface area contributed by atoms with Gasteiger partial charge in [0.15, 0.2) is 17.5 Å². The molecule has 7 nitrogen and oxygen atoms in total. The van der Waals surface area contributed by atoms with Gasteiger partial charge >= 0.3 is 0 Å². The fourth-order valence-corrected chi connectivity index (χ4v) is 3.39. The third-order valence-electron chi connectivity index (χ3n) is 5.02. The number of hydrogen-bond donors (Lipinski definition) is 3. The van der Waals surface area contributed by atoms with E-state index in [-0.39, 0.29) is 5.75 Å². The third kappa shape index (κ3) is 6.87. The van der Waals surface area contributed by atoms with Crippen LogP contribution in [0.4, 0.5) is 0 Å². The SMILES string of the molecule is CCNC(=NCC(C(C)C)N1CCOCC1)NCCc1ccc(O)c(OC)c1.